The summed E-state index contributed by atoms with van der Waals surface area (Å²) in [6, 6.07) is 15.1. The molecule has 1 atom stereocenters. The van der Waals surface area contributed by atoms with Crippen LogP contribution in [0.2, 0.25) is 5.02 Å². The van der Waals surface area contributed by atoms with Gasteiger partial charge in [0, 0.05) is 23.5 Å². The maximum atomic E-state index is 13.1. The lowest BCUT2D eigenvalue weighted by molar-refractivity contribution is -0.140. The molecular formula is C27H28ClN3O4S. The topological polar surface area (TPSA) is 100 Å². The first-order chi connectivity index (χ1) is 17.3. The van der Waals surface area contributed by atoms with Gasteiger partial charge < -0.3 is 20.1 Å². The van der Waals surface area contributed by atoms with Crippen LogP contribution in [0.5, 0.6) is 0 Å². The number of anilines is 1. The van der Waals surface area contributed by atoms with E-state index in [2.05, 4.69) is 16.7 Å². The molecule has 1 aliphatic heterocycles. The first-order valence-electron chi connectivity index (χ1n) is 11.3. The summed E-state index contributed by atoms with van der Waals surface area (Å²) < 4.78 is 10.4. The average molecular weight is 526 g/mol. The van der Waals surface area contributed by atoms with Crippen LogP contribution in [0.25, 0.3) is 0 Å². The van der Waals surface area contributed by atoms with Crippen molar-refractivity contribution in [3.05, 3.63) is 86.0 Å². The number of nitriles is 1. The van der Waals surface area contributed by atoms with Crippen LogP contribution in [0.3, 0.4) is 0 Å². The van der Waals surface area contributed by atoms with Crippen LogP contribution in [0.15, 0.2) is 64.3 Å². The molecule has 188 valence electrons. The minimum Gasteiger partial charge on any atom is -0.460 e. The third kappa shape index (κ3) is 6.30. The van der Waals surface area contributed by atoms with E-state index in [1.165, 1.54) is 18.9 Å². The van der Waals surface area contributed by atoms with Crippen LogP contribution in [0.4, 0.5) is 5.69 Å². The highest BCUT2D eigenvalue weighted by molar-refractivity contribution is 8.03. The zero-order chi connectivity index (χ0) is 26.2. The van der Waals surface area contributed by atoms with Gasteiger partial charge in [-0.15, -0.1) is 0 Å². The molecule has 0 bridgehead atoms. The Morgan fingerprint density at radius 1 is 1.11 bits per heavy atom. The summed E-state index contributed by atoms with van der Waals surface area (Å²) in [4.78, 5) is 25.8. The molecule has 1 heterocycles. The van der Waals surface area contributed by atoms with Crippen molar-refractivity contribution in [3.63, 3.8) is 0 Å². The SMILES string of the molecule is COCCOC(=O)C1=C(C)NC(SCC(=O)Nc2c(C)cccc2C)=C(C#N)C1c1ccccc1Cl. The fourth-order valence-electron chi connectivity index (χ4n) is 3.94. The zero-order valence-corrected chi connectivity index (χ0v) is 22.2. The van der Waals surface area contributed by atoms with Gasteiger partial charge in [-0.2, -0.15) is 5.26 Å². The summed E-state index contributed by atoms with van der Waals surface area (Å²) in [7, 11) is 1.52. The second-order valence-electron chi connectivity index (χ2n) is 8.21. The van der Waals surface area contributed by atoms with Crippen molar-refractivity contribution in [2.75, 3.05) is 31.4 Å². The highest BCUT2D eigenvalue weighted by Gasteiger charge is 2.36. The monoisotopic (exact) mass is 525 g/mol. The Balaban J connectivity index is 1.91. The number of para-hydroxylation sites is 1. The molecular weight excluding hydrogens is 498 g/mol. The molecule has 7 nitrogen and oxygen atoms in total. The van der Waals surface area contributed by atoms with Crippen molar-refractivity contribution in [2.45, 2.75) is 26.7 Å². The number of amides is 1. The van der Waals surface area contributed by atoms with E-state index < -0.39 is 11.9 Å². The summed E-state index contributed by atoms with van der Waals surface area (Å²) in [6.07, 6.45) is 0. The molecule has 0 saturated heterocycles. The van der Waals surface area contributed by atoms with Gasteiger partial charge in [-0.25, -0.2) is 4.79 Å². The maximum Gasteiger partial charge on any atom is 0.336 e. The molecule has 1 aliphatic rings. The number of aryl methyl sites for hydroxylation is 2. The Hall–Kier alpha value is -3.25. The van der Waals surface area contributed by atoms with E-state index in [9.17, 15) is 14.9 Å². The zero-order valence-electron chi connectivity index (χ0n) is 20.6. The fraction of sp³-hybridized carbons (Fsp3) is 0.296. The van der Waals surface area contributed by atoms with Crippen molar-refractivity contribution in [2.24, 2.45) is 0 Å². The van der Waals surface area contributed by atoms with Crippen LogP contribution in [-0.4, -0.2) is 38.0 Å². The Kier molecular flexibility index (Phi) is 9.59. The van der Waals surface area contributed by atoms with Gasteiger partial charge in [0.25, 0.3) is 0 Å². The molecule has 2 N–H and O–H groups in total. The number of rotatable bonds is 9. The standard InChI is InChI=1S/C27H28ClN3O4S/c1-16-8-7-9-17(2)25(16)31-22(32)15-36-26-20(14-29)24(19-10-5-6-11-21(19)28)23(18(3)30-26)27(33)35-13-12-34-4/h5-11,24,30H,12-13,15H2,1-4H3,(H,31,32). The van der Waals surface area contributed by atoms with E-state index in [1.54, 1.807) is 31.2 Å². The van der Waals surface area contributed by atoms with Crippen molar-refractivity contribution in [1.82, 2.24) is 5.32 Å². The largest absolute Gasteiger partial charge is 0.460 e. The van der Waals surface area contributed by atoms with Crippen molar-refractivity contribution >= 4 is 40.9 Å². The molecule has 2 aromatic carbocycles. The lowest BCUT2D eigenvalue weighted by atomic mass is 9.82. The van der Waals surface area contributed by atoms with Crippen LogP contribution >= 0.6 is 23.4 Å². The number of nitrogens with one attached hydrogen (secondary N) is 2. The smallest absolute Gasteiger partial charge is 0.336 e. The van der Waals surface area contributed by atoms with E-state index in [4.69, 9.17) is 21.1 Å². The second-order valence-corrected chi connectivity index (χ2v) is 9.60. The number of carbonyl (C=O) groups excluding carboxylic acids is 2. The van der Waals surface area contributed by atoms with Gasteiger partial charge in [0.05, 0.1) is 40.5 Å². The summed E-state index contributed by atoms with van der Waals surface area (Å²) >= 11 is 7.70. The highest BCUT2D eigenvalue weighted by Crippen LogP contribution is 2.43. The van der Waals surface area contributed by atoms with Crippen molar-refractivity contribution in [3.8, 4) is 6.07 Å². The van der Waals surface area contributed by atoms with Gasteiger partial charge in [-0.3, -0.25) is 4.79 Å². The van der Waals surface area contributed by atoms with Crippen LogP contribution in [-0.2, 0) is 19.1 Å². The van der Waals surface area contributed by atoms with E-state index in [0.717, 1.165) is 16.8 Å². The number of esters is 1. The lowest BCUT2D eigenvalue weighted by Gasteiger charge is -2.29. The number of carbonyl (C=O) groups is 2. The van der Waals surface area contributed by atoms with E-state index in [-0.39, 0.29) is 30.4 Å². The van der Waals surface area contributed by atoms with E-state index in [0.29, 0.717) is 26.9 Å². The quantitative estimate of drug-likeness (QED) is 0.342. The van der Waals surface area contributed by atoms with Crippen LogP contribution < -0.4 is 10.6 Å². The second kappa shape index (κ2) is 12.6. The number of halogens is 1. The van der Waals surface area contributed by atoms with Gasteiger partial charge in [-0.1, -0.05) is 59.8 Å². The molecule has 1 unspecified atom stereocenters. The first-order valence-corrected chi connectivity index (χ1v) is 12.7. The van der Waals surface area contributed by atoms with E-state index in [1.807, 2.05) is 32.0 Å². The van der Waals surface area contributed by atoms with Crippen LogP contribution in [0, 0.1) is 25.2 Å². The number of thioether (sulfide) groups is 1. The number of ether oxygens (including phenoxy) is 2. The van der Waals surface area contributed by atoms with Crippen molar-refractivity contribution in [1.29, 1.82) is 5.26 Å². The maximum absolute atomic E-state index is 13.1. The van der Waals surface area contributed by atoms with Crippen LogP contribution in [0.1, 0.15) is 29.5 Å². The van der Waals surface area contributed by atoms with Gasteiger partial charge in [0.15, 0.2) is 0 Å². The Morgan fingerprint density at radius 3 is 2.44 bits per heavy atom. The Bertz CT molecular complexity index is 1250. The lowest BCUT2D eigenvalue weighted by Crippen LogP contribution is -2.30. The number of benzene rings is 2. The molecule has 0 fully saturated rings. The molecule has 1 amide bonds. The Morgan fingerprint density at radius 2 is 1.81 bits per heavy atom. The normalized spacial score (nSPS) is 15.3. The predicted molar refractivity (Wildman–Crippen MR) is 143 cm³/mol. The number of hydrogen-bond acceptors (Lipinski definition) is 7. The molecule has 0 radical (unpaired) electrons. The third-order valence-corrected chi connectivity index (χ3v) is 7.06. The molecule has 2 aromatic rings. The molecule has 9 heteroatoms. The van der Waals surface area contributed by atoms with Gasteiger partial charge in [0.1, 0.15) is 6.61 Å². The fourth-order valence-corrected chi connectivity index (χ4v) is 5.07. The summed E-state index contributed by atoms with van der Waals surface area (Å²) in [6.45, 7) is 5.93. The molecule has 3 rings (SSSR count). The highest BCUT2D eigenvalue weighted by atomic mass is 35.5. The number of hydrogen-bond donors (Lipinski definition) is 2. The van der Waals surface area contributed by atoms with E-state index >= 15 is 0 Å². The summed E-state index contributed by atoms with van der Waals surface area (Å²) in [5, 5.41) is 17.2. The summed E-state index contributed by atoms with van der Waals surface area (Å²) in [5.41, 5.74) is 4.43. The minimum atomic E-state index is -0.746. The average Bonchev–Trinajstić information content (AvgIpc) is 2.85. The summed E-state index contributed by atoms with van der Waals surface area (Å²) in [5.74, 6) is -1.45. The third-order valence-electron chi connectivity index (χ3n) is 5.70. The molecule has 0 spiro atoms. The number of allylic oxidation sites excluding steroid dienone is 2. The van der Waals surface area contributed by atoms with Crippen molar-refractivity contribution < 1.29 is 19.1 Å². The minimum absolute atomic E-state index is 0.0669. The predicted octanol–water partition coefficient (Wildman–Crippen LogP) is 5.21. The molecule has 36 heavy (non-hydrogen) atoms. The number of dihydropyridines is 1. The number of nitrogens with zero attached hydrogens (tertiary/aromatic N) is 1. The molecule has 0 aliphatic carbocycles. The molecule has 0 saturated carbocycles. The number of methoxy groups -OCH3 is 1. The van der Waals surface area contributed by atoms with Gasteiger partial charge >= 0.3 is 5.97 Å². The Labute approximate surface area is 220 Å². The first kappa shape index (κ1) is 27.3. The molecule has 0 aromatic heterocycles. The van der Waals surface area contributed by atoms with Gasteiger partial charge in [0.2, 0.25) is 5.91 Å². The van der Waals surface area contributed by atoms with Gasteiger partial charge in [-0.05, 0) is 43.5 Å².